The van der Waals surface area contributed by atoms with E-state index in [1.807, 2.05) is 17.6 Å². The molecule has 1 N–H and O–H groups in total. The summed E-state index contributed by atoms with van der Waals surface area (Å²) >= 11 is 1.59. The van der Waals surface area contributed by atoms with E-state index in [9.17, 15) is 5.11 Å². The van der Waals surface area contributed by atoms with Crippen LogP contribution in [0.2, 0.25) is 0 Å². The lowest BCUT2D eigenvalue weighted by atomic mass is 9.93. The molecule has 0 aliphatic carbocycles. The quantitative estimate of drug-likeness (QED) is 0.868. The molecule has 1 aliphatic rings. The third-order valence-corrected chi connectivity index (χ3v) is 4.51. The Bertz CT molecular complexity index is 576. The Morgan fingerprint density at radius 2 is 2.16 bits per heavy atom. The summed E-state index contributed by atoms with van der Waals surface area (Å²) in [7, 11) is 0. The number of anilines is 1. The van der Waals surface area contributed by atoms with Crippen LogP contribution in [-0.2, 0) is 5.41 Å². The van der Waals surface area contributed by atoms with Gasteiger partial charge in [-0.1, -0.05) is 32.1 Å². The minimum Gasteiger partial charge on any atom is -0.388 e. The van der Waals surface area contributed by atoms with Gasteiger partial charge in [-0.25, -0.2) is 9.50 Å². The lowest BCUT2D eigenvalue weighted by Gasteiger charge is -2.17. The maximum absolute atomic E-state index is 10.0. The number of β-amino-alcohol motifs (C(OH)–C–C–N with tert-alkyl or cyclic N) is 1. The molecule has 6 heteroatoms. The summed E-state index contributed by atoms with van der Waals surface area (Å²) in [6, 6.07) is 0. The first-order valence-corrected chi connectivity index (χ1v) is 7.40. The van der Waals surface area contributed by atoms with Crippen LogP contribution in [0.3, 0.4) is 0 Å². The van der Waals surface area contributed by atoms with Gasteiger partial charge in [0.2, 0.25) is 10.1 Å². The number of hydrogen-bond acceptors (Lipinski definition) is 5. The lowest BCUT2D eigenvalue weighted by molar-refractivity contribution is 0.0839. The zero-order valence-corrected chi connectivity index (χ0v) is 12.7. The lowest BCUT2D eigenvalue weighted by Crippen LogP contribution is -2.29. The van der Waals surface area contributed by atoms with Crippen molar-refractivity contribution in [2.75, 3.05) is 18.0 Å². The fraction of sp³-hybridized carbons (Fsp3) is 0.692. The molecule has 1 aliphatic heterocycles. The maximum Gasteiger partial charge on any atom is 0.214 e. The monoisotopic (exact) mass is 280 g/mol. The van der Waals surface area contributed by atoms with Crippen LogP contribution < -0.4 is 4.90 Å². The first kappa shape index (κ1) is 12.9. The molecule has 1 atom stereocenters. The van der Waals surface area contributed by atoms with Crippen molar-refractivity contribution in [3.63, 3.8) is 0 Å². The molecule has 0 aromatic carbocycles. The summed E-state index contributed by atoms with van der Waals surface area (Å²) in [5.74, 6) is 0. The molecular weight excluding hydrogens is 260 g/mol. The summed E-state index contributed by atoms with van der Waals surface area (Å²) in [6.07, 6.45) is 2.80. The van der Waals surface area contributed by atoms with E-state index in [0.29, 0.717) is 6.54 Å². The van der Waals surface area contributed by atoms with Crippen molar-refractivity contribution < 1.29 is 5.11 Å². The van der Waals surface area contributed by atoms with E-state index in [2.05, 4.69) is 35.8 Å². The zero-order valence-electron chi connectivity index (χ0n) is 11.8. The van der Waals surface area contributed by atoms with Crippen LogP contribution in [-0.4, -0.2) is 38.4 Å². The summed E-state index contributed by atoms with van der Waals surface area (Å²) in [5, 5.41) is 15.5. The van der Waals surface area contributed by atoms with E-state index in [1.54, 1.807) is 11.3 Å². The minimum absolute atomic E-state index is 0.0465. The second kappa shape index (κ2) is 3.93. The van der Waals surface area contributed by atoms with Crippen molar-refractivity contribution in [1.29, 1.82) is 0 Å². The van der Waals surface area contributed by atoms with Crippen molar-refractivity contribution in [2.24, 2.45) is 0 Å². The van der Waals surface area contributed by atoms with Gasteiger partial charge in [0.25, 0.3) is 0 Å². The average Bonchev–Trinajstić information content (AvgIpc) is 2.86. The molecule has 1 unspecified atom stereocenters. The summed E-state index contributed by atoms with van der Waals surface area (Å²) in [4.78, 5) is 7.70. The van der Waals surface area contributed by atoms with Gasteiger partial charge in [-0.15, -0.1) is 5.10 Å². The number of aromatic nitrogens is 3. The second-order valence-corrected chi connectivity index (χ2v) is 7.59. The smallest absolute Gasteiger partial charge is 0.214 e. The molecule has 0 amide bonds. The van der Waals surface area contributed by atoms with Gasteiger partial charge in [0.1, 0.15) is 0 Å². The molecular formula is C13H20N4OS. The fourth-order valence-electron chi connectivity index (χ4n) is 2.29. The van der Waals surface area contributed by atoms with Crippen LogP contribution in [0, 0.1) is 0 Å². The first-order chi connectivity index (χ1) is 8.74. The van der Waals surface area contributed by atoms with E-state index < -0.39 is 5.60 Å². The SMILES string of the molecule is CC1(O)CCN(c2nn3cc(C(C)(C)C)nc3s2)C1. The highest BCUT2D eigenvalue weighted by Crippen LogP contribution is 2.31. The molecule has 0 spiro atoms. The Balaban J connectivity index is 1.90. The van der Waals surface area contributed by atoms with Crippen LogP contribution in [0.5, 0.6) is 0 Å². The predicted molar refractivity (Wildman–Crippen MR) is 77.0 cm³/mol. The third kappa shape index (κ3) is 2.34. The highest BCUT2D eigenvalue weighted by atomic mass is 32.1. The van der Waals surface area contributed by atoms with Crippen molar-refractivity contribution in [3.05, 3.63) is 11.9 Å². The van der Waals surface area contributed by atoms with Gasteiger partial charge < -0.3 is 10.0 Å². The molecule has 3 rings (SSSR count). The number of hydrogen-bond donors (Lipinski definition) is 1. The van der Waals surface area contributed by atoms with Gasteiger partial charge in [-0.05, 0) is 13.3 Å². The number of nitrogens with zero attached hydrogens (tertiary/aromatic N) is 4. The Kier molecular flexibility index (Phi) is 2.66. The topological polar surface area (TPSA) is 53.7 Å². The van der Waals surface area contributed by atoms with Gasteiger partial charge in [0.15, 0.2) is 0 Å². The molecule has 1 fully saturated rings. The van der Waals surface area contributed by atoms with Crippen molar-refractivity contribution >= 4 is 21.4 Å². The number of aliphatic hydroxyl groups is 1. The van der Waals surface area contributed by atoms with Crippen molar-refractivity contribution in [3.8, 4) is 0 Å². The number of fused-ring (bicyclic) bond motifs is 1. The standard InChI is InChI=1S/C13H20N4OS/c1-12(2,3)9-7-17-10(14-9)19-11(15-17)16-6-5-13(4,18)8-16/h7,18H,5-6,8H2,1-4H3. The summed E-state index contributed by atoms with van der Waals surface area (Å²) in [5.41, 5.74) is 0.515. The van der Waals surface area contributed by atoms with Crippen LogP contribution >= 0.6 is 11.3 Å². The summed E-state index contributed by atoms with van der Waals surface area (Å²) < 4.78 is 1.85. The van der Waals surface area contributed by atoms with Gasteiger partial charge in [0, 0.05) is 18.5 Å². The van der Waals surface area contributed by atoms with Gasteiger partial charge >= 0.3 is 0 Å². The Morgan fingerprint density at radius 3 is 2.68 bits per heavy atom. The number of rotatable bonds is 1. The van der Waals surface area contributed by atoms with Crippen molar-refractivity contribution in [2.45, 2.75) is 45.1 Å². The average molecular weight is 280 g/mol. The molecule has 5 nitrogen and oxygen atoms in total. The molecule has 1 saturated heterocycles. The Morgan fingerprint density at radius 1 is 1.42 bits per heavy atom. The van der Waals surface area contributed by atoms with E-state index in [4.69, 9.17) is 0 Å². The van der Waals surface area contributed by atoms with E-state index in [0.717, 1.165) is 28.8 Å². The van der Waals surface area contributed by atoms with E-state index in [-0.39, 0.29) is 5.41 Å². The van der Waals surface area contributed by atoms with Gasteiger partial charge in [-0.2, -0.15) is 0 Å². The maximum atomic E-state index is 10.0. The second-order valence-electron chi connectivity index (χ2n) is 6.66. The van der Waals surface area contributed by atoms with Gasteiger partial charge in [0.05, 0.1) is 17.5 Å². The Labute approximate surface area is 116 Å². The van der Waals surface area contributed by atoms with Crippen LogP contribution in [0.15, 0.2) is 6.20 Å². The fourth-order valence-corrected chi connectivity index (χ4v) is 3.20. The third-order valence-electron chi connectivity index (χ3n) is 3.52. The van der Waals surface area contributed by atoms with E-state index in [1.165, 1.54) is 0 Å². The van der Waals surface area contributed by atoms with E-state index >= 15 is 0 Å². The Hall–Kier alpha value is -1.14. The molecule has 104 valence electrons. The largest absolute Gasteiger partial charge is 0.388 e. The minimum atomic E-state index is -0.593. The van der Waals surface area contributed by atoms with Crippen LogP contribution in [0.4, 0.5) is 5.13 Å². The molecule has 2 aromatic heterocycles. The van der Waals surface area contributed by atoms with Crippen LogP contribution in [0.25, 0.3) is 4.96 Å². The molecule has 0 bridgehead atoms. The first-order valence-electron chi connectivity index (χ1n) is 6.59. The molecule has 19 heavy (non-hydrogen) atoms. The molecule has 3 heterocycles. The number of imidazole rings is 1. The van der Waals surface area contributed by atoms with Crippen molar-refractivity contribution in [1.82, 2.24) is 14.6 Å². The molecule has 2 aromatic rings. The van der Waals surface area contributed by atoms with Gasteiger partial charge in [-0.3, -0.25) is 0 Å². The predicted octanol–water partition coefficient (Wildman–Crippen LogP) is 2.05. The highest BCUT2D eigenvalue weighted by molar-refractivity contribution is 7.20. The highest BCUT2D eigenvalue weighted by Gasteiger charge is 2.33. The molecule has 0 saturated carbocycles. The summed E-state index contributed by atoms with van der Waals surface area (Å²) in [6.45, 7) is 9.84. The van der Waals surface area contributed by atoms with Crippen LogP contribution in [0.1, 0.15) is 39.8 Å². The molecule has 0 radical (unpaired) electrons. The normalized spacial score (nSPS) is 24.6. The zero-order chi connectivity index (χ0) is 13.8.